The molecule has 158 valence electrons. The minimum absolute atomic E-state index is 0. The van der Waals surface area contributed by atoms with E-state index in [9.17, 15) is 4.79 Å². The largest absolute Gasteiger partial charge is 1.00 e. The molecule has 0 saturated carbocycles. The lowest BCUT2D eigenvalue weighted by atomic mass is 10.1. The number of nitrogens with zero attached hydrogens (tertiary/aromatic N) is 2. The van der Waals surface area contributed by atoms with Crippen LogP contribution in [-0.2, 0) is 4.79 Å². The van der Waals surface area contributed by atoms with Crippen molar-refractivity contribution in [1.82, 2.24) is 10.2 Å². The van der Waals surface area contributed by atoms with Gasteiger partial charge >= 0.3 is 0 Å². The van der Waals surface area contributed by atoms with Gasteiger partial charge in [-0.3, -0.25) is 4.79 Å². The fraction of sp³-hybridized carbons (Fsp3) is 0.952. The predicted molar refractivity (Wildman–Crippen MR) is 110 cm³/mol. The zero-order valence-corrected chi connectivity index (χ0v) is 19.0. The van der Waals surface area contributed by atoms with Crippen molar-refractivity contribution in [3.05, 3.63) is 0 Å². The van der Waals surface area contributed by atoms with E-state index in [1.807, 2.05) is 0 Å². The monoisotopic (exact) mass is 391 g/mol. The van der Waals surface area contributed by atoms with E-state index < -0.39 is 0 Å². The van der Waals surface area contributed by atoms with Gasteiger partial charge in [-0.15, -0.1) is 0 Å². The Morgan fingerprint density at radius 2 is 1.35 bits per heavy atom. The molecule has 0 aliphatic heterocycles. The van der Waals surface area contributed by atoms with Crippen LogP contribution in [-0.4, -0.2) is 69.7 Å². The first-order valence-electron chi connectivity index (χ1n) is 10.6. The summed E-state index contributed by atoms with van der Waals surface area (Å²) in [5.74, 6) is 0.191. The number of hydrogen-bond acceptors (Lipinski definition) is 2. The Morgan fingerprint density at radius 1 is 0.846 bits per heavy atom. The number of quaternary nitrogens is 1. The smallest absolute Gasteiger partial charge is 0.275 e. The number of hydrogen-bond donors (Lipinski definition) is 1. The third-order valence-corrected chi connectivity index (χ3v) is 4.79. The Hall–Kier alpha value is -0.320. The van der Waals surface area contributed by atoms with Crippen molar-refractivity contribution in [3.8, 4) is 0 Å². The SMILES string of the molecule is CCCCCCCCCCCC[N+](C)(C)CC(=O)NCCCN(C)C.[Cl-]. The lowest BCUT2D eigenvalue weighted by molar-refractivity contribution is -0.882. The van der Waals surface area contributed by atoms with Crippen LogP contribution in [0.5, 0.6) is 0 Å². The maximum absolute atomic E-state index is 12.0. The van der Waals surface area contributed by atoms with Crippen LogP contribution in [0, 0.1) is 0 Å². The van der Waals surface area contributed by atoms with Gasteiger partial charge in [0.1, 0.15) is 0 Å². The Morgan fingerprint density at radius 3 is 1.85 bits per heavy atom. The summed E-state index contributed by atoms with van der Waals surface area (Å²) < 4.78 is 0.802. The topological polar surface area (TPSA) is 32.3 Å². The molecule has 1 N–H and O–H groups in total. The molecule has 0 atom stereocenters. The molecule has 0 unspecified atom stereocenters. The van der Waals surface area contributed by atoms with E-state index in [1.54, 1.807) is 0 Å². The van der Waals surface area contributed by atoms with Gasteiger partial charge < -0.3 is 27.1 Å². The van der Waals surface area contributed by atoms with Gasteiger partial charge in [0.25, 0.3) is 5.91 Å². The summed E-state index contributed by atoms with van der Waals surface area (Å²) in [4.78, 5) is 14.2. The van der Waals surface area contributed by atoms with Crippen LogP contribution >= 0.6 is 0 Å². The van der Waals surface area contributed by atoms with E-state index in [1.165, 1.54) is 64.2 Å². The summed E-state index contributed by atoms with van der Waals surface area (Å²) >= 11 is 0. The Bertz CT molecular complexity index is 322. The third kappa shape index (κ3) is 20.0. The number of nitrogens with one attached hydrogen (secondary N) is 1. The average molecular weight is 392 g/mol. The van der Waals surface area contributed by atoms with Crippen LogP contribution in [0.4, 0.5) is 0 Å². The van der Waals surface area contributed by atoms with Gasteiger partial charge in [-0.05, 0) is 39.9 Å². The maximum atomic E-state index is 12.0. The van der Waals surface area contributed by atoms with E-state index in [-0.39, 0.29) is 18.3 Å². The molecule has 0 radical (unpaired) electrons. The molecule has 0 aliphatic rings. The first kappa shape index (κ1) is 27.9. The summed E-state index contributed by atoms with van der Waals surface area (Å²) in [7, 11) is 8.48. The number of likely N-dealkylation sites (N-methyl/N-ethyl adjacent to an activating group) is 1. The molecule has 0 aromatic heterocycles. The van der Waals surface area contributed by atoms with E-state index in [4.69, 9.17) is 0 Å². The summed E-state index contributed by atoms with van der Waals surface area (Å²) in [6, 6.07) is 0. The van der Waals surface area contributed by atoms with Crippen LogP contribution in [0.2, 0.25) is 0 Å². The zero-order valence-electron chi connectivity index (χ0n) is 18.3. The highest BCUT2D eigenvalue weighted by Crippen LogP contribution is 2.11. The van der Waals surface area contributed by atoms with E-state index in [0.717, 1.165) is 30.5 Å². The van der Waals surface area contributed by atoms with E-state index in [0.29, 0.717) is 6.54 Å². The minimum atomic E-state index is 0. The lowest BCUT2D eigenvalue weighted by Gasteiger charge is -2.29. The maximum Gasteiger partial charge on any atom is 0.275 e. The van der Waals surface area contributed by atoms with E-state index >= 15 is 0 Å². The van der Waals surface area contributed by atoms with E-state index in [2.05, 4.69) is 45.3 Å². The van der Waals surface area contributed by atoms with Crippen molar-refractivity contribution < 1.29 is 21.7 Å². The number of carbonyl (C=O) groups excluding carboxylic acids is 1. The Balaban J connectivity index is 0. The molecular weight excluding hydrogens is 346 g/mol. The third-order valence-electron chi connectivity index (χ3n) is 4.79. The fourth-order valence-electron chi connectivity index (χ4n) is 3.17. The first-order chi connectivity index (χ1) is 11.9. The van der Waals surface area contributed by atoms with Gasteiger partial charge in [0.05, 0.1) is 20.6 Å². The number of carbonyl (C=O) groups is 1. The predicted octanol–water partition coefficient (Wildman–Crippen LogP) is 1.06. The molecule has 4 nitrogen and oxygen atoms in total. The van der Waals surface area contributed by atoms with Crippen molar-refractivity contribution in [3.63, 3.8) is 0 Å². The Labute approximate surface area is 170 Å². The normalized spacial score (nSPS) is 11.5. The summed E-state index contributed by atoms with van der Waals surface area (Å²) in [6.45, 7) is 5.78. The first-order valence-corrected chi connectivity index (χ1v) is 10.6. The van der Waals surface area contributed by atoms with Crippen LogP contribution in [0.15, 0.2) is 0 Å². The second-order valence-corrected chi connectivity index (χ2v) is 8.51. The Kier molecular flexibility index (Phi) is 19.4. The zero-order chi connectivity index (χ0) is 19.0. The quantitative estimate of drug-likeness (QED) is 0.297. The second-order valence-electron chi connectivity index (χ2n) is 8.51. The van der Waals surface area contributed by atoms with Gasteiger partial charge in [0.15, 0.2) is 6.54 Å². The fourth-order valence-corrected chi connectivity index (χ4v) is 3.17. The van der Waals surface area contributed by atoms with Gasteiger partial charge in [0.2, 0.25) is 0 Å². The number of halogens is 1. The highest BCUT2D eigenvalue weighted by atomic mass is 35.5. The van der Waals surface area contributed by atoms with Crippen LogP contribution in [0.3, 0.4) is 0 Å². The molecule has 0 bridgehead atoms. The molecule has 0 aromatic carbocycles. The number of rotatable bonds is 17. The molecule has 0 heterocycles. The standard InChI is InChI=1S/C21H45N3O.ClH/c1-6-7-8-9-10-11-12-13-14-15-19-24(4,5)20-21(25)22-17-16-18-23(2)3;/h6-20H2,1-5H3;1H. The molecule has 0 fully saturated rings. The molecule has 0 aromatic rings. The molecule has 0 aliphatic carbocycles. The summed E-state index contributed by atoms with van der Waals surface area (Å²) in [5, 5.41) is 3.05. The molecular formula is C21H46ClN3O. The number of amides is 1. The van der Waals surface area contributed by atoms with Crippen LogP contribution < -0.4 is 17.7 Å². The average Bonchev–Trinajstić information content (AvgIpc) is 2.52. The van der Waals surface area contributed by atoms with Gasteiger partial charge in [-0.25, -0.2) is 0 Å². The summed E-state index contributed by atoms with van der Waals surface area (Å²) in [6.07, 6.45) is 14.7. The van der Waals surface area contributed by atoms with Crippen LogP contribution in [0.25, 0.3) is 0 Å². The van der Waals surface area contributed by atoms with Gasteiger partial charge in [-0.1, -0.05) is 58.3 Å². The van der Waals surface area contributed by atoms with Crippen molar-refractivity contribution in [2.75, 3.05) is 54.4 Å². The minimum Gasteiger partial charge on any atom is -1.00 e. The van der Waals surface area contributed by atoms with Gasteiger partial charge in [0, 0.05) is 6.54 Å². The molecule has 1 amide bonds. The number of unbranched alkanes of at least 4 members (excludes halogenated alkanes) is 9. The molecule has 5 heteroatoms. The van der Waals surface area contributed by atoms with Crippen molar-refractivity contribution in [1.29, 1.82) is 0 Å². The second kappa shape index (κ2) is 18.1. The molecule has 26 heavy (non-hydrogen) atoms. The summed E-state index contributed by atoms with van der Waals surface area (Å²) in [5.41, 5.74) is 0. The molecule has 0 rings (SSSR count). The van der Waals surface area contributed by atoms with Crippen molar-refractivity contribution in [2.24, 2.45) is 0 Å². The van der Waals surface area contributed by atoms with Crippen LogP contribution in [0.1, 0.15) is 77.6 Å². The van der Waals surface area contributed by atoms with Crippen molar-refractivity contribution in [2.45, 2.75) is 77.6 Å². The molecule has 0 spiro atoms. The lowest BCUT2D eigenvalue weighted by Crippen LogP contribution is -3.00. The highest BCUT2D eigenvalue weighted by Gasteiger charge is 2.19. The van der Waals surface area contributed by atoms with Crippen molar-refractivity contribution >= 4 is 5.91 Å². The van der Waals surface area contributed by atoms with Gasteiger partial charge in [-0.2, -0.15) is 0 Å². The molecule has 0 saturated heterocycles. The highest BCUT2D eigenvalue weighted by molar-refractivity contribution is 5.76.